The first-order valence-electron chi connectivity index (χ1n) is 5.18. The van der Waals surface area contributed by atoms with E-state index in [1.54, 1.807) is 13.8 Å². The molecule has 18 heavy (non-hydrogen) atoms. The van der Waals surface area contributed by atoms with Crippen molar-refractivity contribution in [2.45, 2.75) is 24.3 Å². The highest BCUT2D eigenvalue weighted by Gasteiger charge is 2.33. The van der Waals surface area contributed by atoms with Crippen molar-refractivity contribution in [1.29, 1.82) is 0 Å². The fraction of sp³-hybridized carbons (Fsp3) is 0.455. The Balaban J connectivity index is 3.26. The number of nitrogens with zero attached hydrogens (tertiary/aromatic N) is 1. The largest absolute Gasteiger partial charge is 0.394 e. The summed E-state index contributed by atoms with van der Waals surface area (Å²) in [5, 5.41) is 8.92. The molecule has 0 radical (unpaired) electrons. The lowest BCUT2D eigenvalue weighted by Gasteiger charge is -2.32. The molecule has 0 atom stereocenters. The van der Waals surface area contributed by atoms with Crippen molar-refractivity contribution in [3.05, 3.63) is 29.0 Å². The van der Waals surface area contributed by atoms with E-state index < -0.39 is 21.4 Å². The molecular formula is C11H15ClFNO3S. The molecule has 0 aliphatic heterocycles. The number of hydrogen-bond donors (Lipinski definition) is 1. The number of likely N-dealkylation sites (N-methyl/N-ethyl adjacent to an activating group) is 1. The van der Waals surface area contributed by atoms with Gasteiger partial charge >= 0.3 is 0 Å². The minimum Gasteiger partial charge on any atom is -0.394 e. The molecule has 0 aliphatic carbocycles. The standard InChI is InChI=1S/C11H15ClFNO3S/c1-11(2,7-15)14(3)18(16,17)8-4-5-10(13)9(12)6-8/h4-6,15H,7H2,1-3H3. The van der Waals surface area contributed by atoms with E-state index in [1.165, 1.54) is 7.05 Å². The lowest BCUT2D eigenvalue weighted by molar-refractivity contribution is 0.138. The molecule has 0 amide bonds. The van der Waals surface area contributed by atoms with E-state index in [9.17, 15) is 17.9 Å². The normalized spacial score (nSPS) is 13.1. The van der Waals surface area contributed by atoms with Crippen LogP contribution in [0, 0.1) is 5.82 Å². The number of halogens is 2. The lowest BCUT2D eigenvalue weighted by Crippen LogP contribution is -2.47. The Morgan fingerprint density at radius 3 is 2.44 bits per heavy atom. The van der Waals surface area contributed by atoms with Crippen LogP contribution in [0.15, 0.2) is 23.1 Å². The maximum absolute atomic E-state index is 13.0. The molecule has 0 heterocycles. The minimum absolute atomic E-state index is 0.113. The SMILES string of the molecule is CN(C(C)(C)CO)S(=O)(=O)c1ccc(F)c(Cl)c1. The summed E-state index contributed by atoms with van der Waals surface area (Å²) in [6, 6.07) is 3.19. The molecule has 0 spiro atoms. The van der Waals surface area contributed by atoms with E-state index in [4.69, 9.17) is 11.6 Å². The summed E-state index contributed by atoms with van der Waals surface area (Å²) < 4.78 is 38.5. The van der Waals surface area contributed by atoms with Crippen LogP contribution in [0.5, 0.6) is 0 Å². The maximum Gasteiger partial charge on any atom is 0.243 e. The van der Waals surface area contributed by atoms with E-state index in [0.29, 0.717) is 0 Å². The van der Waals surface area contributed by atoms with E-state index in [-0.39, 0.29) is 16.5 Å². The zero-order valence-corrected chi connectivity index (χ0v) is 11.9. The summed E-state index contributed by atoms with van der Waals surface area (Å²) in [5.41, 5.74) is -0.959. The summed E-state index contributed by atoms with van der Waals surface area (Å²) in [7, 11) is -2.48. The monoisotopic (exact) mass is 295 g/mol. The number of sulfonamides is 1. The van der Waals surface area contributed by atoms with Gasteiger partial charge in [-0.05, 0) is 32.0 Å². The zero-order valence-electron chi connectivity index (χ0n) is 10.3. The zero-order chi connectivity index (χ0) is 14.1. The summed E-state index contributed by atoms with van der Waals surface area (Å²) in [6.45, 7) is 2.82. The van der Waals surface area contributed by atoms with Crippen LogP contribution in [0.4, 0.5) is 4.39 Å². The summed E-state index contributed by atoms with van der Waals surface area (Å²) in [5.74, 6) is -0.681. The predicted molar refractivity (Wildman–Crippen MR) is 67.5 cm³/mol. The van der Waals surface area contributed by atoms with Crippen LogP contribution >= 0.6 is 11.6 Å². The molecule has 102 valence electrons. The highest BCUT2D eigenvalue weighted by atomic mass is 35.5. The molecule has 0 fully saturated rings. The first-order valence-corrected chi connectivity index (χ1v) is 6.99. The molecule has 1 rings (SSSR count). The van der Waals surface area contributed by atoms with Gasteiger partial charge in [-0.2, -0.15) is 4.31 Å². The van der Waals surface area contributed by atoms with Crippen molar-refractivity contribution in [3.63, 3.8) is 0 Å². The second-order valence-corrected chi connectivity index (χ2v) is 6.90. The number of benzene rings is 1. The van der Waals surface area contributed by atoms with E-state index in [0.717, 1.165) is 22.5 Å². The van der Waals surface area contributed by atoms with Crippen molar-refractivity contribution in [2.75, 3.05) is 13.7 Å². The molecule has 0 bridgehead atoms. The van der Waals surface area contributed by atoms with Crippen LogP contribution in [0.3, 0.4) is 0 Å². The molecule has 1 aromatic carbocycles. The number of aliphatic hydroxyl groups is 1. The Kier molecular flexibility index (Phi) is 4.38. The van der Waals surface area contributed by atoms with E-state index in [2.05, 4.69) is 0 Å². The smallest absolute Gasteiger partial charge is 0.243 e. The maximum atomic E-state index is 13.0. The Hall–Kier alpha value is -0.690. The fourth-order valence-corrected chi connectivity index (χ4v) is 3.00. The Bertz CT molecular complexity index is 545. The van der Waals surface area contributed by atoms with Gasteiger partial charge in [0.15, 0.2) is 0 Å². The third kappa shape index (κ3) is 2.83. The highest BCUT2D eigenvalue weighted by Crippen LogP contribution is 2.25. The fourth-order valence-electron chi connectivity index (χ4n) is 1.22. The molecule has 1 aromatic rings. The van der Waals surface area contributed by atoms with Crippen LogP contribution in [-0.2, 0) is 10.0 Å². The van der Waals surface area contributed by atoms with Crippen molar-refractivity contribution in [3.8, 4) is 0 Å². The topological polar surface area (TPSA) is 57.6 Å². The van der Waals surface area contributed by atoms with E-state index in [1.807, 2.05) is 0 Å². The molecule has 0 saturated heterocycles. The van der Waals surface area contributed by atoms with Crippen LogP contribution in [0.25, 0.3) is 0 Å². The number of hydrogen-bond acceptors (Lipinski definition) is 3. The lowest BCUT2D eigenvalue weighted by atomic mass is 10.1. The third-order valence-electron chi connectivity index (χ3n) is 2.79. The van der Waals surface area contributed by atoms with Crippen molar-refractivity contribution < 1.29 is 17.9 Å². The minimum atomic E-state index is -3.83. The first-order chi connectivity index (χ1) is 8.13. The summed E-state index contributed by atoms with van der Waals surface area (Å²) >= 11 is 5.57. The van der Waals surface area contributed by atoms with Gasteiger partial charge in [0.2, 0.25) is 10.0 Å². The number of aliphatic hydroxyl groups excluding tert-OH is 1. The molecule has 1 N–H and O–H groups in total. The molecule has 0 aromatic heterocycles. The van der Waals surface area contributed by atoms with Gasteiger partial charge in [0, 0.05) is 7.05 Å². The quantitative estimate of drug-likeness (QED) is 0.922. The second kappa shape index (κ2) is 5.13. The second-order valence-electron chi connectivity index (χ2n) is 4.52. The third-order valence-corrected chi connectivity index (χ3v) is 5.14. The van der Waals surface area contributed by atoms with Gasteiger partial charge in [-0.3, -0.25) is 0 Å². The van der Waals surface area contributed by atoms with Gasteiger partial charge in [-0.25, -0.2) is 12.8 Å². The molecular weight excluding hydrogens is 281 g/mol. The average molecular weight is 296 g/mol. The van der Waals surface area contributed by atoms with Gasteiger partial charge in [-0.1, -0.05) is 11.6 Å². The summed E-state index contributed by atoms with van der Waals surface area (Å²) in [6.07, 6.45) is 0. The highest BCUT2D eigenvalue weighted by molar-refractivity contribution is 7.89. The van der Waals surface area contributed by atoms with Crippen molar-refractivity contribution in [2.24, 2.45) is 0 Å². The van der Waals surface area contributed by atoms with Gasteiger partial charge in [-0.15, -0.1) is 0 Å². The predicted octanol–water partition coefficient (Wildman–Crippen LogP) is 1.87. The van der Waals surface area contributed by atoms with Crippen molar-refractivity contribution in [1.82, 2.24) is 4.31 Å². The molecule has 4 nitrogen and oxygen atoms in total. The van der Waals surface area contributed by atoms with Gasteiger partial charge in [0.05, 0.1) is 22.1 Å². The van der Waals surface area contributed by atoms with E-state index >= 15 is 0 Å². The molecule has 0 saturated carbocycles. The molecule has 7 heteroatoms. The van der Waals surface area contributed by atoms with Gasteiger partial charge in [0.25, 0.3) is 0 Å². The van der Waals surface area contributed by atoms with Crippen LogP contribution < -0.4 is 0 Å². The molecule has 0 unspecified atom stereocenters. The van der Waals surface area contributed by atoms with Crippen LogP contribution in [0.2, 0.25) is 5.02 Å². The van der Waals surface area contributed by atoms with Crippen molar-refractivity contribution >= 4 is 21.6 Å². The molecule has 0 aliphatic rings. The van der Waals surface area contributed by atoms with Crippen LogP contribution in [0.1, 0.15) is 13.8 Å². The average Bonchev–Trinajstić information content (AvgIpc) is 2.31. The first kappa shape index (κ1) is 15.4. The van der Waals surface area contributed by atoms with Crippen LogP contribution in [-0.4, -0.2) is 37.0 Å². The Morgan fingerprint density at radius 1 is 1.44 bits per heavy atom. The number of rotatable bonds is 4. The summed E-state index contributed by atoms with van der Waals surface area (Å²) in [4.78, 5) is -0.113. The van der Waals surface area contributed by atoms with Gasteiger partial charge < -0.3 is 5.11 Å². The van der Waals surface area contributed by atoms with Gasteiger partial charge in [0.1, 0.15) is 5.82 Å². The Morgan fingerprint density at radius 2 is 2.00 bits per heavy atom. The Labute approximate surface area is 111 Å².